The number of sulfone groups is 1. The molecule has 0 spiro atoms. The summed E-state index contributed by atoms with van der Waals surface area (Å²) in [6.45, 7) is 0. The van der Waals surface area contributed by atoms with Gasteiger partial charge in [-0.25, -0.2) is 8.42 Å². The Morgan fingerprint density at radius 2 is 1.88 bits per heavy atom. The van der Waals surface area contributed by atoms with Crippen LogP contribution in [-0.4, -0.2) is 37.7 Å². The molecule has 88 valence electrons. The van der Waals surface area contributed by atoms with Gasteiger partial charge in [0.1, 0.15) is 9.84 Å². The second-order valence-electron chi connectivity index (χ2n) is 3.47. The van der Waals surface area contributed by atoms with Gasteiger partial charge in [-0.1, -0.05) is 30.3 Å². The van der Waals surface area contributed by atoms with Crippen LogP contribution in [0.2, 0.25) is 0 Å². The number of ketones is 1. The number of rotatable bonds is 6. The van der Waals surface area contributed by atoms with Crippen LogP contribution in [0, 0.1) is 0 Å². The highest BCUT2D eigenvalue weighted by atomic mass is 32.2. The lowest BCUT2D eigenvalue weighted by Gasteiger charge is -2.00. The average molecular weight is 258 g/mol. The van der Waals surface area contributed by atoms with Crippen LogP contribution in [0.5, 0.6) is 0 Å². The van der Waals surface area contributed by atoms with Crippen LogP contribution in [0.15, 0.2) is 30.3 Å². The third-order valence-electron chi connectivity index (χ3n) is 1.93. The molecule has 0 N–H and O–H groups in total. The summed E-state index contributed by atoms with van der Waals surface area (Å²) >= 11 is 1.35. The average Bonchev–Trinajstić information content (AvgIpc) is 2.24. The smallest absolute Gasteiger partial charge is 0.172 e. The molecule has 1 aromatic carbocycles. The summed E-state index contributed by atoms with van der Waals surface area (Å²) in [5, 5.41) is 0. The first-order chi connectivity index (χ1) is 7.49. The van der Waals surface area contributed by atoms with E-state index < -0.39 is 9.84 Å². The van der Waals surface area contributed by atoms with E-state index in [9.17, 15) is 13.2 Å². The van der Waals surface area contributed by atoms with Gasteiger partial charge in [-0.3, -0.25) is 4.79 Å². The molecular formula is C11H14O3S2. The summed E-state index contributed by atoms with van der Waals surface area (Å²) < 4.78 is 21.7. The Morgan fingerprint density at radius 3 is 2.44 bits per heavy atom. The molecule has 0 fully saturated rings. The van der Waals surface area contributed by atoms with Gasteiger partial charge in [-0.2, -0.15) is 11.8 Å². The quantitative estimate of drug-likeness (QED) is 0.575. The second kappa shape index (κ2) is 6.06. The number of carbonyl (C=O) groups is 1. The van der Waals surface area contributed by atoms with Crippen LogP contribution in [0.25, 0.3) is 0 Å². The van der Waals surface area contributed by atoms with Crippen LogP contribution < -0.4 is 0 Å². The minimum atomic E-state index is -2.92. The molecule has 0 aliphatic heterocycles. The van der Waals surface area contributed by atoms with Crippen molar-refractivity contribution in [2.45, 2.75) is 0 Å². The van der Waals surface area contributed by atoms with Crippen molar-refractivity contribution in [3.8, 4) is 0 Å². The minimum Gasteiger partial charge on any atom is -0.293 e. The van der Waals surface area contributed by atoms with Crippen molar-refractivity contribution in [2.24, 2.45) is 0 Å². The molecule has 3 nitrogen and oxygen atoms in total. The lowest BCUT2D eigenvalue weighted by atomic mass is 10.2. The Labute approximate surface area is 100 Å². The fourth-order valence-electron chi connectivity index (χ4n) is 1.08. The molecule has 0 heterocycles. The van der Waals surface area contributed by atoms with Crippen molar-refractivity contribution < 1.29 is 13.2 Å². The van der Waals surface area contributed by atoms with Gasteiger partial charge in [-0.05, 0) is 0 Å². The number of thioether (sulfide) groups is 1. The Balaban J connectivity index is 2.32. The summed E-state index contributed by atoms with van der Waals surface area (Å²) in [6, 6.07) is 9.01. The van der Waals surface area contributed by atoms with Gasteiger partial charge in [0.2, 0.25) is 0 Å². The monoisotopic (exact) mass is 258 g/mol. The fourth-order valence-corrected chi connectivity index (χ4v) is 3.26. The van der Waals surface area contributed by atoms with Gasteiger partial charge in [-0.15, -0.1) is 0 Å². The van der Waals surface area contributed by atoms with Gasteiger partial charge < -0.3 is 0 Å². The van der Waals surface area contributed by atoms with Gasteiger partial charge in [0.15, 0.2) is 5.78 Å². The fraction of sp³-hybridized carbons (Fsp3) is 0.364. The van der Waals surface area contributed by atoms with E-state index in [1.54, 1.807) is 12.1 Å². The van der Waals surface area contributed by atoms with E-state index in [4.69, 9.17) is 0 Å². The molecule has 0 saturated carbocycles. The molecular weight excluding hydrogens is 244 g/mol. The number of hydrogen-bond donors (Lipinski definition) is 0. The van der Waals surface area contributed by atoms with Crippen molar-refractivity contribution in [1.82, 2.24) is 0 Å². The second-order valence-corrected chi connectivity index (χ2v) is 6.84. The molecule has 0 amide bonds. The van der Waals surface area contributed by atoms with Crippen molar-refractivity contribution in [3.05, 3.63) is 35.9 Å². The van der Waals surface area contributed by atoms with Gasteiger partial charge >= 0.3 is 0 Å². The van der Waals surface area contributed by atoms with Crippen molar-refractivity contribution in [3.63, 3.8) is 0 Å². The third-order valence-corrected chi connectivity index (χ3v) is 4.09. The molecule has 0 aliphatic rings. The summed E-state index contributed by atoms with van der Waals surface area (Å²) in [6.07, 6.45) is 1.20. The van der Waals surface area contributed by atoms with E-state index in [0.717, 1.165) is 0 Å². The van der Waals surface area contributed by atoms with Crippen LogP contribution in [-0.2, 0) is 9.84 Å². The lowest BCUT2D eigenvalue weighted by Crippen LogP contribution is -2.08. The summed E-state index contributed by atoms with van der Waals surface area (Å²) in [5.74, 6) is 0.968. The lowest BCUT2D eigenvalue weighted by molar-refractivity contribution is 0.102. The third kappa shape index (κ3) is 5.32. The Bertz CT molecular complexity index is 438. The maximum atomic E-state index is 11.6. The zero-order chi connectivity index (χ0) is 12.0. The maximum absolute atomic E-state index is 11.6. The Hall–Kier alpha value is -0.810. The normalized spacial score (nSPS) is 11.3. The minimum absolute atomic E-state index is 0.0408. The molecule has 0 radical (unpaired) electrons. The van der Waals surface area contributed by atoms with E-state index >= 15 is 0 Å². The molecule has 0 bridgehead atoms. The molecule has 0 atom stereocenters. The Morgan fingerprint density at radius 1 is 1.25 bits per heavy atom. The van der Waals surface area contributed by atoms with E-state index in [2.05, 4.69) is 0 Å². The Kier molecular flexibility index (Phi) is 5.02. The first kappa shape index (κ1) is 13.3. The molecule has 5 heteroatoms. The van der Waals surface area contributed by atoms with Crippen molar-refractivity contribution in [2.75, 3.05) is 23.5 Å². The predicted octanol–water partition coefficient (Wildman–Crippen LogP) is 1.65. The molecule has 0 saturated heterocycles. The largest absolute Gasteiger partial charge is 0.293 e. The van der Waals surface area contributed by atoms with E-state index in [-0.39, 0.29) is 11.5 Å². The summed E-state index contributed by atoms with van der Waals surface area (Å²) in [4.78, 5) is 11.6. The highest BCUT2D eigenvalue weighted by Gasteiger charge is 2.06. The zero-order valence-corrected chi connectivity index (χ0v) is 10.7. The van der Waals surface area contributed by atoms with Gasteiger partial charge in [0, 0.05) is 17.6 Å². The number of Topliss-reactive ketones (excluding diaryl/α,β-unsaturated/α-hetero) is 1. The van der Waals surface area contributed by atoms with Crippen molar-refractivity contribution >= 4 is 27.4 Å². The van der Waals surface area contributed by atoms with Crippen LogP contribution in [0.3, 0.4) is 0 Å². The van der Waals surface area contributed by atoms with Gasteiger partial charge in [0.05, 0.1) is 11.5 Å². The van der Waals surface area contributed by atoms with Crippen molar-refractivity contribution in [1.29, 1.82) is 0 Å². The SMILES string of the molecule is CS(=O)(=O)CCSCC(=O)c1ccccc1. The highest BCUT2D eigenvalue weighted by Crippen LogP contribution is 2.07. The molecule has 1 aromatic rings. The zero-order valence-electron chi connectivity index (χ0n) is 9.05. The van der Waals surface area contributed by atoms with Crippen LogP contribution in [0.4, 0.5) is 0 Å². The molecule has 1 rings (SSSR count). The molecule has 0 aromatic heterocycles. The van der Waals surface area contributed by atoms with E-state index in [1.807, 2.05) is 18.2 Å². The molecule has 0 aliphatic carbocycles. The summed E-state index contributed by atoms with van der Waals surface area (Å²) in [5.41, 5.74) is 0.675. The van der Waals surface area contributed by atoms with E-state index in [1.165, 1.54) is 18.0 Å². The highest BCUT2D eigenvalue weighted by molar-refractivity contribution is 8.01. The topological polar surface area (TPSA) is 51.2 Å². The number of benzene rings is 1. The number of carbonyl (C=O) groups excluding carboxylic acids is 1. The predicted molar refractivity (Wildman–Crippen MR) is 67.8 cm³/mol. The number of hydrogen-bond acceptors (Lipinski definition) is 4. The first-order valence-electron chi connectivity index (χ1n) is 4.83. The van der Waals surface area contributed by atoms with Crippen LogP contribution in [0.1, 0.15) is 10.4 Å². The van der Waals surface area contributed by atoms with Gasteiger partial charge in [0.25, 0.3) is 0 Å². The summed E-state index contributed by atoms with van der Waals surface area (Å²) in [7, 11) is -2.92. The van der Waals surface area contributed by atoms with Crippen LogP contribution >= 0.6 is 11.8 Å². The maximum Gasteiger partial charge on any atom is 0.172 e. The standard InChI is InChI=1S/C11H14O3S2/c1-16(13,14)8-7-15-9-11(12)10-5-3-2-4-6-10/h2-6H,7-9H2,1H3. The van der Waals surface area contributed by atoms with E-state index in [0.29, 0.717) is 17.1 Å². The molecule has 16 heavy (non-hydrogen) atoms. The first-order valence-corrected chi connectivity index (χ1v) is 8.04. The molecule has 0 unspecified atom stereocenters.